The molecule has 0 bridgehead atoms. The highest BCUT2D eigenvalue weighted by Crippen LogP contribution is 2.32. The number of fused-ring (bicyclic) bond motifs is 4. The van der Waals surface area contributed by atoms with Crippen molar-refractivity contribution in [3.63, 3.8) is 0 Å². The summed E-state index contributed by atoms with van der Waals surface area (Å²) in [7, 11) is 0. The maximum atomic E-state index is 4.85. The Balaban J connectivity index is 1.76. The topological polar surface area (TPSA) is 38.7 Å². The van der Waals surface area contributed by atoms with Crippen LogP contribution in [0.15, 0.2) is 67.0 Å². The first-order valence-corrected chi connectivity index (χ1v) is 8.19. The van der Waals surface area contributed by atoms with Crippen molar-refractivity contribution in [2.45, 2.75) is 0 Å². The second-order valence-electron chi connectivity index (χ2n) is 5.42. The van der Waals surface area contributed by atoms with Crippen molar-refractivity contribution in [1.82, 2.24) is 15.0 Å². The molecule has 3 heterocycles. The zero-order valence-electron chi connectivity index (χ0n) is 12.1. The molecule has 0 saturated carbocycles. The number of nitrogens with zero attached hydrogens (tertiary/aromatic N) is 3. The summed E-state index contributed by atoms with van der Waals surface area (Å²) >= 11 is 1.63. The average Bonchev–Trinajstić information content (AvgIpc) is 2.99. The van der Waals surface area contributed by atoms with E-state index in [0.29, 0.717) is 0 Å². The first-order chi connectivity index (χ1) is 11.4. The fraction of sp³-hybridized carbons (Fsp3) is 0. The largest absolute Gasteiger partial charge is 0.250 e. The smallest absolute Gasteiger partial charge is 0.144 e. The Labute approximate surface area is 136 Å². The molecule has 0 atom stereocenters. The Morgan fingerprint density at radius 1 is 0.739 bits per heavy atom. The lowest BCUT2D eigenvalue weighted by atomic mass is 10.0. The fourth-order valence-corrected chi connectivity index (χ4v) is 3.82. The van der Waals surface area contributed by atoms with Crippen LogP contribution >= 0.6 is 11.3 Å². The van der Waals surface area contributed by atoms with Crippen LogP contribution in [-0.2, 0) is 0 Å². The van der Waals surface area contributed by atoms with E-state index in [-0.39, 0.29) is 0 Å². The number of benzene rings is 2. The van der Waals surface area contributed by atoms with E-state index in [1.807, 2.05) is 0 Å². The van der Waals surface area contributed by atoms with Gasteiger partial charge in [0.25, 0.3) is 0 Å². The van der Waals surface area contributed by atoms with Gasteiger partial charge >= 0.3 is 0 Å². The first-order valence-electron chi connectivity index (χ1n) is 7.38. The summed E-state index contributed by atoms with van der Waals surface area (Å²) in [4.78, 5) is 14.6. The van der Waals surface area contributed by atoms with Crippen LogP contribution < -0.4 is 0 Å². The lowest BCUT2D eigenvalue weighted by Crippen LogP contribution is -1.85. The average molecular weight is 313 g/mol. The summed E-state index contributed by atoms with van der Waals surface area (Å²) in [6, 6.07) is 19.0. The Bertz CT molecular complexity index is 1180. The summed E-state index contributed by atoms with van der Waals surface area (Å²) in [5.74, 6) is 0. The molecular weight excluding hydrogens is 302 g/mol. The maximum Gasteiger partial charge on any atom is 0.144 e. The molecule has 0 fully saturated rings. The molecule has 0 saturated heterocycles. The number of thiophene rings is 1. The van der Waals surface area contributed by atoms with Gasteiger partial charge in [0.05, 0.1) is 10.4 Å². The predicted octanol–water partition coefficient (Wildman–Crippen LogP) is 5.06. The summed E-state index contributed by atoms with van der Waals surface area (Å²) in [6.07, 6.45) is 3.45. The van der Waals surface area contributed by atoms with Crippen LogP contribution in [0.5, 0.6) is 0 Å². The standard InChI is InChI=1S/C19H11N3S/c1-2-4-13-11-14(6-5-12(13)3-1)15-7-8-16-17(22-15)18-19(23-16)21-10-9-20-18/h1-11H. The minimum atomic E-state index is 0.884. The fourth-order valence-electron chi connectivity index (χ4n) is 2.87. The van der Waals surface area contributed by atoms with Gasteiger partial charge in [-0.2, -0.15) is 0 Å². The van der Waals surface area contributed by atoms with E-state index in [0.717, 1.165) is 31.8 Å². The van der Waals surface area contributed by atoms with Crippen LogP contribution in [0.3, 0.4) is 0 Å². The molecule has 0 N–H and O–H groups in total. The predicted molar refractivity (Wildman–Crippen MR) is 95.7 cm³/mol. The molecular formula is C19H11N3S. The molecule has 23 heavy (non-hydrogen) atoms. The quantitative estimate of drug-likeness (QED) is 0.434. The number of rotatable bonds is 1. The normalized spacial score (nSPS) is 11.5. The van der Waals surface area contributed by atoms with Crippen molar-refractivity contribution in [1.29, 1.82) is 0 Å². The van der Waals surface area contributed by atoms with Gasteiger partial charge in [-0.15, -0.1) is 11.3 Å². The van der Waals surface area contributed by atoms with E-state index >= 15 is 0 Å². The van der Waals surface area contributed by atoms with Crippen molar-refractivity contribution in [3.8, 4) is 11.3 Å². The molecule has 0 aliphatic rings. The van der Waals surface area contributed by atoms with Gasteiger partial charge in [0.15, 0.2) is 0 Å². The monoisotopic (exact) mass is 313 g/mol. The Morgan fingerprint density at radius 2 is 1.61 bits per heavy atom. The molecule has 0 spiro atoms. The van der Waals surface area contributed by atoms with Gasteiger partial charge in [0, 0.05) is 18.0 Å². The lowest BCUT2D eigenvalue weighted by molar-refractivity contribution is 1.31. The van der Waals surface area contributed by atoms with Crippen LogP contribution in [0.25, 0.3) is 42.6 Å². The Hall–Kier alpha value is -2.85. The number of hydrogen-bond donors (Lipinski definition) is 0. The number of hydrogen-bond acceptors (Lipinski definition) is 4. The second kappa shape index (κ2) is 4.83. The molecule has 0 aliphatic heterocycles. The highest BCUT2D eigenvalue weighted by molar-refractivity contribution is 7.25. The SMILES string of the molecule is c1ccc2cc(-c3ccc4sc5nccnc5c4n3)ccc2c1. The van der Waals surface area contributed by atoms with Gasteiger partial charge in [-0.25, -0.2) is 15.0 Å². The van der Waals surface area contributed by atoms with Crippen LogP contribution in [0.2, 0.25) is 0 Å². The van der Waals surface area contributed by atoms with Crippen molar-refractivity contribution in [2.75, 3.05) is 0 Å². The minimum Gasteiger partial charge on any atom is -0.250 e. The number of pyridine rings is 1. The van der Waals surface area contributed by atoms with Gasteiger partial charge < -0.3 is 0 Å². The molecule has 4 heteroatoms. The highest BCUT2D eigenvalue weighted by Gasteiger charge is 2.10. The van der Waals surface area contributed by atoms with E-state index < -0.39 is 0 Å². The molecule has 5 rings (SSSR count). The molecule has 0 unspecified atom stereocenters. The molecule has 0 aliphatic carbocycles. The second-order valence-corrected chi connectivity index (χ2v) is 6.45. The third-order valence-electron chi connectivity index (χ3n) is 4.00. The molecule has 5 aromatic rings. The van der Waals surface area contributed by atoms with Crippen LogP contribution in [0.1, 0.15) is 0 Å². The van der Waals surface area contributed by atoms with Crippen molar-refractivity contribution < 1.29 is 0 Å². The zero-order valence-corrected chi connectivity index (χ0v) is 12.9. The van der Waals surface area contributed by atoms with Gasteiger partial charge in [-0.1, -0.05) is 36.4 Å². The summed E-state index contributed by atoms with van der Waals surface area (Å²) in [5.41, 5.74) is 3.90. The first kappa shape index (κ1) is 12.7. The van der Waals surface area contributed by atoms with Gasteiger partial charge in [-0.3, -0.25) is 0 Å². The summed E-state index contributed by atoms with van der Waals surface area (Å²) < 4.78 is 1.12. The molecule has 3 nitrogen and oxygen atoms in total. The lowest BCUT2D eigenvalue weighted by Gasteiger charge is -2.04. The maximum absolute atomic E-state index is 4.85. The van der Waals surface area contributed by atoms with E-state index in [1.165, 1.54) is 10.8 Å². The van der Waals surface area contributed by atoms with Crippen LogP contribution in [0, 0.1) is 0 Å². The Kier molecular flexibility index (Phi) is 2.66. The third-order valence-corrected chi connectivity index (χ3v) is 5.04. The summed E-state index contributed by atoms with van der Waals surface area (Å²) in [5, 5.41) is 2.46. The van der Waals surface area contributed by atoms with Crippen LogP contribution in [0.4, 0.5) is 0 Å². The third kappa shape index (κ3) is 1.99. The highest BCUT2D eigenvalue weighted by atomic mass is 32.1. The van der Waals surface area contributed by atoms with Crippen molar-refractivity contribution in [2.24, 2.45) is 0 Å². The van der Waals surface area contributed by atoms with Gasteiger partial charge in [-0.05, 0) is 29.0 Å². The summed E-state index contributed by atoms with van der Waals surface area (Å²) in [6.45, 7) is 0. The number of aromatic nitrogens is 3. The molecule has 2 aromatic carbocycles. The van der Waals surface area contributed by atoms with Crippen LogP contribution in [-0.4, -0.2) is 15.0 Å². The Morgan fingerprint density at radius 3 is 2.57 bits per heavy atom. The molecule has 0 amide bonds. The van der Waals surface area contributed by atoms with Crippen molar-refractivity contribution in [3.05, 3.63) is 67.0 Å². The minimum absolute atomic E-state index is 0.884. The molecule has 0 radical (unpaired) electrons. The van der Waals surface area contributed by atoms with E-state index in [2.05, 4.69) is 64.6 Å². The van der Waals surface area contributed by atoms with E-state index in [1.54, 1.807) is 23.7 Å². The van der Waals surface area contributed by atoms with Gasteiger partial charge in [0.1, 0.15) is 15.9 Å². The van der Waals surface area contributed by atoms with Gasteiger partial charge in [0.2, 0.25) is 0 Å². The van der Waals surface area contributed by atoms with Crippen molar-refractivity contribution >= 4 is 42.7 Å². The molecule has 3 aromatic heterocycles. The van der Waals surface area contributed by atoms with E-state index in [4.69, 9.17) is 4.98 Å². The zero-order chi connectivity index (χ0) is 15.2. The molecule has 108 valence electrons. The van der Waals surface area contributed by atoms with E-state index in [9.17, 15) is 0 Å².